The quantitative estimate of drug-likeness (QED) is 0.664. The minimum absolute atomic E-state index is 0.0253. The van der Waals surface area contributed by atoms with Crippen LogP contribution in [0.3, 0.4) is 0 Å². The van der Waals surface area contributed by atoms with E-state index in [1.54, 1.807) is 18.4 Å². The van der Waals surface area contributed by atoms with Crippen LogP contribution in [0.4, 0.5) is 4.79 Å². The van der Waals surface area contributed by atoms with Crippen molar-refractivity contribution < 1.29 is 23.8 Å². The first-order valence-corrected chi connectivity index (χ1v) is 10.2. The zero-order valence-electron chi connectivity index (χ0n) is 17.1. The molecule has 7 heteroatoms. The van der Waals surface area contributed by atoms with E-state index in [0.717, 1.165) is 24.2 Å². The van der Waals surface area contributed by atoms with E-state index in [9.17, 15) is 14.7 Å². The molecule has 156 valence electrons. The van der Waals surface area contributed by atoms with Crippen molar-refractivity contribution in [2.75, 3.05) is 13.2 Å². The molecule has 1 aliphatic carbocycles. The van der Waals surface area contributed by atoms with Crippen molar-refractivity contribution in [3.05, 3.63) is 24.2 Å². The highest BCUT2D eigenvalue weighted by atomic mass is 16.5. The number of rotatable bonds is 8. The summed E-state index contributed by atoms with van der Waals surface area (Å²) in [5.74, 6) is 1.01. The Morgan fingerprint density at radius 1 is 1.39 bits per heavy atom. The van der Waals surface area contributed by atoms with Gasteiger partial charge in [-0.1, -0.05) is 27.2 Å². The smallest absolute Gasteiger partial charge is 0.325 e. The van der Waals surface area contributed by atoms with Gasteiger partial charge in [0.1, 0.15) is 17.9 Å². The van der Waals surface area contributed by atoms with Crippen LogP contribution >= 0.6 is 0 Å². The lowest BCUT2D eigenvalue weighted by Crippen LogP contribution is -2.51. The number of β-amino-alcohol motifs (C(OH)–C–C–N with tert-alkyl or cyclic N) is 1. The van der Waals surface area contributed by atoms with E-state index in [4.69, 9.17) is 9.15 Å². The van der Waals surface area contributed by atoms with E-state index in [2.05, 4.69) is 26.1 Å². The van der Waals surface area contributed by atoms with Crippen LogP contribution in [0.2, 0.25) is 0 Å². The lowest BCUT2D eigenvalue weighted by Gasteiger charge is -2.42. The average Bonchev–Trinajstić information content (AvgIpc) is 3.25. The van der Waals surface area contributed by atoms with Crippen LogP contribution < -0.4 is 5.32 Å². The van der Waals surface area contributed by atoms with Crippen molar-refractivity contribution in [2.45, 2.75) is 71.1 Å². The predicted molar refractivity (Wildman–Crippen MR) is 103 cm³/mol. The second-order valence-corrected chi connectivity index (χ2v) is 8.79. The molecule has 1 spiro atoms. The van der Waals surface area contributed by atoms with Gasteiger partial charge in [0.15, 0.2) is 0 Å². The van der Waals surface area contributed by atoms with Crippen molar-refractivity contribution in [2.24, 2.45) is 11.3 Å². The molecule has 2 fully saturated rings. The Kier molecular flexibility index (Phi) is 6.15. The lowest BCUT2D eigenvalue weighted by molar-refractivity contribution is -0.134. The highest BCUT2D eigenvalue weighted by molar-refractivity contribution is 6.07. The molecule has 2 N–H and O–H groups in total. The number of aliphatic hydroxyl groups excluding tert-OH is 1. The first-order chi connectivity index (χ1) is 13.3. The Morgan fingerprint density at radius 2 is 2.11 bits per heavy atom. The van der Waals surface area contributed by atoms with Gasteiger partial charge in [-0.25, -0.2) is 4.79 Å². The molecule has 2 aliphatic rings. The van der Waals surface area contributed by atoms with Crippen molar-refractivity contribution in [1.29, 1.82) is 0 Å². The third-order valence-corrected chi connectivity index (χ3v) is 6.63. The van der Waals surface area contributed by atoms with Crippen LogP contribution in [0.25, 0.3) is 0 Å². The van der Waals surface area contributed by atoms with Crippen LogP contribution in [-0.4, -0.2) is 46.7 Å². The van der Waals surface area contributed by atoms with Gasteiger partial charge in [-0.15, -0.1) is 0 Å². The second kappa shape index (κ2) is 8.25. The van der Waals surface area contributed by atoms with Crippen LogP contribution in [0, 0.1) is 11.3 Å². The van der Waals surface area contributed by atoms with E-state index in [0.29, 0.717) is 24.5 Å². The maximum absolute atomic E-state index is 13.0. The fourth-order valence-electron chi connectivity index (χ4n) is 4.32. The molecule has 0 radical (unpaired) electrons. The molecule has 0 bridgehead atoms. The van der Waals surface area contributed by atoms with E-state index >= 15 is 0 Å². The molecule has 1 aliphatic heterocycles. The number of nitrogens with zero attached hydrogens (tertiary/aromatic N) is 1. The first-order valence-electron chi connectivity index (χ1n) is 10.2. The number of imide groups is 1. The topological polar surface area (TPSA) is 92.0 Å². The number of aliphatic hydroxyl groups is 1. The number of urea groups is 1. The molecule has 7 nitrogen and oxygen atoms in total. The zero-order chi connectivity index (χ0) is 20.4. The van der Waals surface area contributed by atoms with Crippen molar-refractivity contribution in [3.63, 3.8) is 0 Å². The molecule has 1 aromatic rings. The summed E-state index contributed by atoms with van der Waals surface area (Å²) in [6.07, 6.45) is 4.89. The minimum atomic E-state index is -0.935. The Morgan fingerprint density at radius 3 is 2.71 bits per heavy atom. The summed E-state index contributed by atoms with van der Waals surface area (Å²) < 4.78 is 10.6. The fraction of sp³-hybridized carbons (Fsp3) is 0.714. The molecule has 1 aromatic heterocycles. The van der Waals surface area contributed by atoms with E-state index in [1.807, 2.05) is 0 Å². The maximum Gasteiger partial charge on any atom is 0.325 e. The van der Waals surface area contributed by atoms with Gasteiger partial charge in [0.25, 0.3) is 5.91 Å². The van der Waals surface area contributed by atoms with Crippen LogP contribution in [0.15, 0.2) is 22.8 Å². The Balaban J connectivity index is 1.52. The third kappa shape index (κ3) is 4.25. The van der Waals surface area contributed by atoms with E-state index in [1.165, 1.54) is 0 Å². The van der Waals surface area contributed by atoms with Crippen LogP contribution in [-0.2, 0) is 16.1 Å². The van der Waals surface area contributed by atoms with Gasteiger partial charge >= 0.3 is 6.03 Å². The summed E-state index contributed by atoms with van der Waals surface area (Å²) in [4.78, 5) is 26.6. The molecule has 3 amide bonds. The number of carbonyl (C=O) groups is 2. The Hall–Kier alpha value is -1.86. The average molecular weight is 392 g/mol. The molecule has 2 heterocycles. The molecule has 28 heavy (non-hydrogen) atoms. The summed E-state index contributed by atoms with van der Waals surface area (Å²) in [6.45, 7) is 6.95. The third-order valence-electron chi connectivity index (χ3n) is 6.63. The molecule has 1 atom stereocenters. The molecule has 1 saturated heterocycles. The number of amides is 3. The van der Waals surface area contributed by atoms with Gasteiger partial charge in [-0.05, 0) is 49.1 Å². The number of hydrogen-bond donors (Lipinski definition) is 2. The minimum Gasteiger partial charge on any atom is -0.467 e. The maximum atomic E-state index is 13.0. The van der Waals surface area contributed by atoms with Crippen LogP contribution in [0.1, 0.15) is 58.6 Å². The Labute approximate surface area is 166 Å². The number of hydrogen-bond acceptors (Lipinski definition) is 5. The van der Waals surface area contributed by atoms with Crippen LogP contribution in [0.5, 0.6) is 0 Å². The van der Waals surface area contributed by atoms with Gasteiger partial charge in [-0.3, -0.25) is 9.69 Å². The predicted octanol–water partition coefficient (Wildman–Crippen LogP) is 3.07. The molecular weight excluding hydrogens is 360 g/mol. The van der Waals surface area contributed by atoms with Crippen molar-refractivity contribution in [1.82, 2.24) is 10.2 Å². The number of furan rings is 1. The molecule has 0 aromatic carbocycles. The largest absolute Gasteiger partial charge is 0.467 e. The zero-order valence-corrected chi connectivity index (χ0v) is 17.1. The fourth-order valence-corrected chi connectivity index (χ4v) is 4.32. The number of ether oxygens (including phenoxy) is 1. The lowest BCUT2D eigenvalue weighted by atomic mass is 9.65. The number of carbonyl (C=O) groups excluding carboxylic acids is 2. The summed E-state index contributed by atoms with van der Waals surface area (Å²) in [5, 5.41) is 13.1. The van der Waals surface area contributed by atoms with Crippen molar-refractivity contribution in [3.8, 4) is 0 Å². The van der Waals surface area contributed by atoms with E-state index < -0.39 is 17.7 Å². The molecular formula is C21H32N2O5. The summed E-state index contributed by atoms with van der Waals surface area (Å²) in [6, 6.07) is 3.13. The highest BCUT2D eigenvalue weighted by Gasteiger charge is 2.53. The molecule has 1 saturated carbocycles. The molecule has 3 rings (SSSR count). The van der Waals surface area contributed by atoms with Gasteiger partial charge < -0.3 is 19.6 Å². The van der Waals surface area contributed by atoms with Gasteiger partial charge in [0.2, 0.25) is 0 Å². The SMILES string of the molecule is CCC(C)(C)C1CCC2(CC1)NC(=O)N(CC(O)COCc1ccco1)C2=O. The normalized spacial score (nSPS) is 26.7. The summed E-state index contributed by atoms with van der Waals surface area (Å²) in [7, 11) is 0. The first kappa shape index (κ1) is 20.9. The van der Waals surface area contributed by atoms with Gasteiger partial charge in [0, 0.05) is 0 Å². The van der Waals surface area contributed by atoms with E-state index in [-0.39, 0.29) is 31.1 Å². The van der Waals surface area contributed by atoms with Gasteiger partial charge in [0.05, 0.1) is 25.5 Å². The summed E-state index contributed by atoms with van der Waals surface area (Å²) >= 11 is 0. The summed E-state index contributed by atoms with van der Waals surface area (Å²) in [5.41, 5.74) is -0.555. The molecule has 1 unspecified atom stereocenters. The monoisotopic (exact) mass is 392 g/mol. The highest BCUT2D eigenvalue weighted by Crippen LogP contribution is 2.45. The van der Waals surface area contributed by atoms with Gasteiger partial charge in [-0.2, -0.15) is 0 Å². The Bertz CT molecular complexity index is 677. The standard InChI is InChI=1S/C21H32N2O5/c1-4-20(2,3)15-7-9-21(10-8-15)18(25)23(19(26)22-21)12-16(24)13-27-14-17-6-5-11-28-17/h5-6,11,15-16,24H,4,7-10,12-14H2,1-3H3,(H,22,26). The number of nitrogens with one attached hydrogen (secondary N) is 1. The second-order valence-electron chi connectivity index (χ2n) is 8.79. The van der Waals surface area contributed by atoms with Crippen molar-refractivity contribution >= 4 is 11.9 Å².